The van der Waals surface area contributed by atoms with Crippen molar-refractivity contribution in [3.63, 3.8) is 0 Å². The van der Waals surface area contributed by atoms with Crippen LogP contribution < -0.4 is 4.74 Å². The molecule has 0 bridgehead atoms. The van der Waals surface area contributed by atoms with Gasteiger partial charge in [0.1, 0.15) is 12.1 Å². The lowest BCUT2D eigenvalue weighted by molar-refractivity contribution is -0.134. The fourth-order valence-corrected chi connectivity index (χ4v) is 5.07. The van der Waals surface area contributed by atoms with Crippen LogP contribution in [-0.2, 0) is 14.8 Å². The van der Waals surface area contributed by atoms with Crippen LogP contribution in [0.25, 0.3) is 5.69 Å². The molecule has 2 aromatic rings. The predicted octanol–water partition coefficient (Wildman–Crippen LogP) is 0.400. The molecule has 0 N–H and O–H groups in total. The summed E-state index contributed by atoms with van der Waals surface area (Å²) in [4.78, 5) is 14.1. The van der Waals surface area contributed by atoms with Gasteiger partial charge in [0.2, 0.25) is 10.0 Å². The van der Waals surface area contributed by atoms with Crippen molar-refractivity contribution in [3.05, 3.63) is 54.9 Å². The highest BCUT2D eigenvalue weighted by Gasteiger charge is 2.33. The molecular weight excluding hydrogens is 408 g/mol. The van der Waals surface area contributed by atoms with E-state index in [1.54, 1.807) is 41.3 Å². The van der Waals surface area contributed by atoms with Crippen LogP contribution in [0, 0.1) is 0 Å². The van der Waals surface area contributed by atoms with Gasteiger partial charge in [-0.1, -0.05) is 24.3 Å². The van der Waals surface area contributed by atoms with Crippen LogP contribution in [0.4, 0.5) is 0 Å². The number of ether oxygens (including phenoxy) is 1. The SMILES string of the molecule is O=C(COc1ccc(-n2cnnn2)cc1)N1CCN(S(=O)(=O)C2C=CC=CC2)CC1. The second-order valence-corrected chi connectivity index (χ2v) is 9.10. The van der Waals surface area contributed by atoms with E-state index in [9.17, 15) is 13.2 Å². The summed E-state index contributed by atoms with van der Waals surface area (Å²) in [6.07, 6.45) is 9.15. The van der Waals surface area contributed by atoms with Crippen molar-refractivity contribution in [2.75, 3.05) is 32.8 Å². The van der Waals surface area contributed by atoms with E-state index in [0.717, 1.165) is 5.69 Å². The van der Waals surface area contributed by atoms with E-state index in [-0.39, 0.29) is 12.5 Å². The molecule has 2 heterocycles. The fourth-order valence-electron chi connectivity index (χ4n) is 3.37. The van der Waals surface area contributed by atoms with Gasteiger partial charge in [-0.05, 0) is 41.1 Å². The fraction of sp³-hybridized carbons (Fsp3) is 0.368. The lowest BCUT2D eigenvalue weighted by atomic mass is 10.2. The number of hydrogen-bond acceptors (Lipinski definition) is 7. The Morgan fingerprint density at radius 1 is 1.10 bits per heavy atom. The van der Waals surface area contributed by atoms with Crippen molar-refractivity contribution in [1.82, 2.24) is 29.4 Å². The van der Waals surface area contributed by atoms with E-state index in [4.69, 9.17) is 4.74 Å². The molecule has 1 saturated heterocycles. The molecule has 0 saturated carbocycles. The number of hydrogen-bond donors (Lipinski definition) is 0. The van der Waals surface area contributed by atoms with Gasteiger partial charge in [0, 0.05) is 26.2 Å². The summed E-state index contributed by atoms with van der Waals surface area (Å²) < 4.78 is 34.1. The van der Waals surface area contributed by atoms with Crippen LogP contribution in [0.2, 0.25) is 0 Å². The van der Waals surface area contributed by atoms with Crippen molar-refractivity contribution < 1.29 is 17.9 Å². The lowest BCUT2D eigenvalue weighted by Gasteiger charge is -2.35. The first kappa shape index (κ1) is 20.2. The van der Waals surface area contributed by atoms with Crippen LogP contribution in [0.3, 0.4) is 0 Å². The molecule has 11 heteroatoms. The lowest BCUT2D eigenvalue weighted by Crippen LogP contribution is -2.53. The largest absolute Gasteiger partial charge is 0.484 e. The van der Waals surface area contributed by atoms with Gasteiger partial charge in [0.25, 0.3) is 5.91 Å². The van der Waals surface area contributed by atoms with Gasteiger partial charge in [0.05, 0.1) is 10.9 Å². The standard InChI is InChI=1S/C19H22N6O4S/c26-19(14-29-17-8-6-16(7-9-17)25-15-20-21-22-25)23-10-12-24(13-11-23)30(27,28)18-4-2-1-3-5-18/h1-4,6-9,15,18H,5,10-14H2. The number of sulfonamides is 1. The number of allylic oxidation sites excluding steroid dienone is 3. The van der Waals surface area contributed by atoms with Gasteiger partial charge in [-0.25, -0.2) is 13.1 Å². The molecular formula is C19H22N6O4S. The molecule has 1 fully saturated rings. The third-order valence-corrected chi connectivity index (χ3v) is 7.29. The summed E-state index contributed by atoms with van der Waals surface area (Å²) in [7, 11) is -3.40. The summed E-state index contributed by atoms with van der Waals surface area (Å²) in [5, 5.41) is 10.4. The number of carbonyl (C=O) groups is 1. The first-order chi connectivity index (χ1) is 14.5. The number of aromatic nitrogens is 4. The van der Waals surface area contributed by atoms with Gasteiger partial charge >= 0.3 is 0 Å². The highest BCUT2D eigenvalue weighted by Crippen LogP contribution is 2.19. The molecule has 4 rings (SSSR count). The van der Waals surface area contributed by atoms with Crippen LogP contribution in [-0.4, -0.2) is 81.8 Å². The third kappa shape index (κ3) is 4.41. The maximum atomic E-state index is 12.7. The quantitative estimate of drug-likeness (QED) is 0.652. The summed E-state index contributed by atoms with van der Waals surface area (Å²) in [6, 6.07) is 7.05. The molecule has 10 nitrogen and oxygen atoms in total. The van der Waals surface area contributed by atoms with E-state index in [1.807, 2.05) is 12.2 Å². The van der Waals surface area contributed by atoms with Crippen molar-refractivity contribution in [2.24, 2.45) is 0 Å². The Morgan fingerprint density at radius 3 is 2.50 bits per heavy atom. The predicted molar refractivity (Wildman–Crippen MR) is 108 cm³/mol. The molecule has 1 unspecified atom stereocenters. The zero-order chi connectivity index (χ0) is 21.0. The Balaban J connectivity index is 1.26. The zero-order valence-corrected chi connectivity index (χ0v) is 17.1. The molecule has 0 radical (unpaired) electrons. The molecule has 1 aliphatic carbocycles. The Morgan fingerprint density at radius 2 is 1.87 bits per heavy atom. The molecule has 30 heavy (non-hydrogen) atoms. The summed E-state index contributed by atoms with van der Waals surface area (Å²) in [5.74, 6) is 0.385. The number of tetrazole rings is 1. The number of piperazine rings is 1. The van der Waals surface area contributed by atoms with Crippen LogP contribution in [0.15, 0.2) is 54.9 Å². The van der Waals surface area contributed by atoms with E-state index >= 15 is 0 Å². The summed E-state index contributed by atoms with van der Waals surface area (Å²) in [5.41, 5.74) is 0.777. The van der Waals surface area contributed by atoms with Crippen molar-refractivity contribution in [3.8, 4) is 11.4 Å². The van der Waals surface area contributed by atoms with E-state index in [2.05, 4.69) is 15.5 Å². The molecule has 2 aliphatic rings. The number of benzene rings is 1. The molecule has 158 valence electrons. The van der Waals surface area contributed by atoms with E-state index < -0.39 is 15.3 Å². The molecule has 1 atom stereocenters. The monoisotopic (exact) mass is 430 g/mol. The smallest absolute Gasteiger partial charge is 0.260 e. The summed E-state index contributed by atoms with van der Waals surface area (Å²) in [6.45, 7) is 1.19. The Labute approximate surface area is 174 Å². The number of rotatable bonds is 6. The molecule has 1 aromatic carbocycles. The Kier molecular flexibility index (Phi) is 5.91. The molecule has 1 aliphatic heterocycles. The van der Waals surface area contributed by atoms with Gasteiger partial charge < -0.3 is 9.64 Å². The third-order valence-electron chi connectivity index (χ3n) is 5.09. The topological polar surface area (TPSA) is 111 Å². The minimum atomic E-state index is -3.40. The van der Waals surface area contributed by atoms with Gasteiger partial charge in [-0.15, -0.1) is 5.10 Å². The average molecular weight is 430 g/mol. The normalized spacial score (nSPS) is 19.7. The summed E-state index contributed by atoms with van der Waals surface area (Å²) >= 11 is 0. The number of amides is 1. The van der Waals surface area contributed by atoms with E-state index in [0.29, 0.717) is 38.3 Å². The second kappa shape index (κ2) is 8.76. The molecule has 1 aromatic heterocycles. The van der Waals surface area contributed by atoms with Crippen LogP contribution in [0.5, 0.6) is 5.75 Å². The minimum Gasteiger partial charge on any atom is -0.484 e. The number of nitrogens with zero attached hydrogens (tertiary/aromatic N) is 6. The molecule has 1 amide bonds. The van der Waals surface area contributed by atoms with Crippen molar-refractivity contribution >= 4 is 15.9 Å². The zero-order valence-electron chi connectivity index (χ0n) is 16.2. The number of carbonyl (C=O) groups excluding carboxylic acids is 1. The van der Waals surface area contributed by atoms with Crippen molar-refractivity contribution in [1.29, 1.82) is 0 Å². The Hall–Kier alpha value is -3.05. The van der Waals surface area contributed by atoms with Gasteiger partial charge in [0.15, 0.2) is 6.61 Å². The van der Waals surface area contributed by atoms with E-state index in [1.165, 1.54) is 15.3 Å². The Bertz CT molecular complexity index is 1030. The minimum absolute atomic E-state index is 0.104. The van der Waals surface area contributed by atoms with Gasteiger partial charge in [-0.2, -0.15) is 4.31 Å². The maximum Gasteiger partial charge on any atom is 0.260 e. The van der Waals surface area contributed by atoms with Crippen LogP contribution >= 0.6 is 0 Å². The van der Waals surface area contributed by atoms with Crippen molar-refractivity contribution in [2.45, 2.75) is 11.7 Å². The first-order valence-corrected chi connectivity index (χ1v) is 11.1. The maximum absolute atomic E-state index is 12.7. The van der Waals surface area contributed by atoms with Gasteiger partial charge in [-0.3, -0.25) is 4.79 Å². The average Bonchev–Trinajstić information content (AvgIpc) is 3.33. The highest BCUT2D eigenvalue weighted by atomic mass is 32.2. The second-order valence-electron chi connectivity index (χ2n) is 6.95. The highest BCUT2D eigenvalue weighted by molar-refractivity contribution is 7.89. The van der Waals surface area contributed by atoms with Crippen LogP contribution in [0.1, 0.15) is 6.42 Å². The first-order valence-electron chi connectivity index (χ1n) is 9.60. The molecule has 0 spiro atoms.